The van der Waals surface area contributed by atoms with Crippen LogP contribution in [0.15, 0.2) is 94.7 Å². The maximum absolute atomic E-state index is 12.9. The van der Waals surface area contributed by atoms with Crippen molar-refractivity contribution in [1.29, 1.82) is 0 Å². The van der Waals surface area contributed by atoms with Crippen LogP contribution in [0.1, 0.15) is 25.0 Å². The molecule has 0 saturated heterocycles. The first kappa shape index (κ1) is 39.2. The SMILES string of the molecule is CCOC(=O)Cc1cc(F)ccc1[N+](=O)[O-].CCOC(=O)Cc1cc(Sc2ccc(O)cc2)ccc1[N+](=O)[O-].O=[N+]([O-])c1ccc(F)cc1. The third kappa shape index (κ3) is 13.7. The molecule has 49 heavy (non-hydrogen) atoms. The summed E-state index contributed by atoms with van der Waals surface area (Å²) in [5.74, 6) is -2.03. The van der Waals surface area contributed by atoms with Crippen LogP contribution in [0.5, 0.6) is 5.75 Å². The summed E-state index contributed by atoms with van der Waals surface area (Å²) in [5, 5.41) is 41.0. The van der Waals surface area contributed by atoms with E-state index in [4.69, 9.17) is 4.74 Å². The Balaban J connectivity index is 0.000000277. The van der Waals surface area contributed by atoms with Crippen LogP contribution in [0.2, 0.25) is 0 Å². The molecule has 0 atom stereocenters. The van der Waals surface area contributed by atoms with Crippen molar-refractivity contribution in [3.63, 3.8) is 0 Å². The van der Waals surface area contributed by atoms with E-state index in [2.05, 4.69) is 4.74 Å². The first-order chi connectivity index (χ1) is 23.2. The van der Waals surface area contributed by atoms with Crippen molar-refractivity contribution in [3.05, 3.63) is 138 Å². The zero-order valence-corrected chi connectivity index (χ0v) is 26.8. The Morgan fingerprint density at radius 2 is 1.10 bits per heavy atom. The van der Waals surface area contributed by atoms with Gasteiger partial charge in [0, 0.05) is 45.2 Å². The second kappa shape index (κ2) is 19.6. The molecule has 0 aliphatic rings. The lowest BCUT2D eigenvalue weighted by atomic mass is 10.1. The highest BCUT2D eigenvalue weighted by atomic mass is 32.2. The number of ether oxygens (including phenoxy) is 2. The number of nitrogens with zero attached hydrogens (tertiary/aromatic N) is 3. The molecule has 0 fully saturated rings. The van der Waals surface area contributed by atoms with Crippen LogP contribution >= 0.6 is 11.8 Å². The van der Waals surface area contributed by atoms with Gasteiger partial charge in [-0.1, -0.05) is 11.8 Å². The van der Waals surface area contributed by atoms with Gasteiger partial charge >= 0.3 is 11.9 Å². The highest BCUT2D eigenvalue weighted by Crippen LogP contribution is 2.32. The van der Waals surface area contributed by atoms with Gasteiger partial charge in [-0.05, 0) is 74.5 Å². The van der Waals surface area contributed by atoms with Gasteiger partial charge in [-0.25, -0.2) is 8.78 Å². The Morgan fingerprint density at radius 1 is 0.653 bits per heavy atom. The number of aromatic hydroxyl groups is 1. The minimum atomic E-state index is -0.659. The molecule has 0 heterocycles. The fourth-order valence-electron chi connectivity index (χ4n) is 3.77. The molecule has 0 bridgehead atoms. The minimum absolute atomic E-state index is 0.0171. The number of nitro groups is 3. The van der Waals surface area contributed by atoms with Crippen LogP contribution in [-0.4, -0.2) is 45.0 Å². The Kier molecular flexibility index (Phi) is 15.7. The van der Waals surface area contributed by atoms with Crippen LogP contribution in [-0.2, 0) is 31.9 Å². The fourth-order valence-corrected chi connectivity index (χ4v) is 4.65. The molecule has 0 unspecified atom stereocenters. The van der Waals surface area contributed by atoms with E-state index in [1.54, 1.807) is 50.2 Å². The molecule has 14 nitrogen and oxygen atoms in total. The first-order valence-corrected chi connectivity index (χ1v) is 14.9. The lowest BCUT2D eigenvalue weighted by Gasteiger charge is -2.07. The van der Waals surface area contributed by atoms with Crippen molar-refractivity contribution in [2.24, 2.45) is 0 Å². The van der Waals surface area contributed by atoms with Gasteiger partial charge < -0.3 is 14.6 Å². The number of hydrogen-bond acceptors (Lipinski definition) is 12. The molecule has 4 aromatic carbocycles. The predicted octanol–water partition coefficient (Wildman–Crippen LogP) is 7.13. The van der Waals surface area contributed by atoms with Gasteiger partial charge in [0.1, 0.15) is 17.4 Å². The van der Waals surface area contributed by atoms with E-state index in [-0.39, 0.29) is 54.4 Å². The summed E-state index contributed by atoms with van der Waals surface area (Å²) in [4.78, 5) is 54.3. The number of benzene rings is 4. The topological polar surface area (TPSA) is 202 Å². The van der Waals surface area contributed by atoms with E-state index in [1.165, 1.54) is 17.8 Å². The molecule has 1 N–H and O–H groups in total. The zero-order chi connectivity index (χ0) is 36.5. The third-order valence-electron chi connectivity index (χ3n) is 5.88. The van der Waals surface area contributed by atoms with Crippen molar-refractivity contribution in [1.82, 2.24) is 0 Å². The molecule has 0 radical (unpaired) electrons. The van der Waals surface area contributed by atoms with Crippen LogP contribution in [0.25, 0.3) is 0 Å². The van der Waals surface area contributed by atoms with E-state index in [9.17, 15) is 53.8 Å². The standard InChI is InChI=1S/C16H15NO5S.C10H10FNO4.C6H4FNO2/c1-2-22-16(19)10-11-9-14(7-8-15(11)17(20)21)23-13-5-3-12(18)4-6-13;1-2-16-10(13)6-7-5-8(11)3-4-9(7)12(14)15;7-5-1-3-6(4-2-5)8(9)10/h3-9,18H,2,10H2,1H3;3-5H,2,6H2,1H3;1-4H. The van der Waals surface area contributed by atoms with Gasteiger partial charge in [0.25, 0.3) is 17.1 Å². The van der Waals surface area contributed by atoms with Gasteiger partial charge in [0.15, 0.2) is 0 Å². The molecule has 17 heteroatoms. The molecule has 258 valence electrons. The average Bonchev–Trinajstić information content (AvgIpc) is 3.03. The fraction of sp³-hybridized carbons (Fsp3) is 0.188. The third-order valence-corrected chi connectivity index (χ3v) is 6.87. The normalized spacial score (nSPS) is 9.96. The second-order valence-electron chi connectivity index (χ2n) is 9.37. The van der Waals surface area contributed by atoms with E-state index < -0.39 is 38.3 Å². The summed E-state index contributed by atoms with van der Waals surface area (Å²) in [5.41, 5.74) is -0.148. The molecule has 0 aliphatic carbocycles. The number of rotatable bonds is 11. The Labute approximate surface area is 281 Å². The number of hydrogen-bond donors (Lipinski definition) is 1. The minimum Gasteiger partial charge on any atom is -0.508 e. The number of carbonyl (C=O) groups excluding carboxylic acids is 2. The molecule has 4 rings (SSSR count). The number of carbonyl (C=O) groups is 2. The molecule has 0 saturated carbocycles. The lowest BCUT2D eigenvalue weighted by Crippen LogP contribution is -2.09. The van der Waals surface area contributed by atoms with Crippen LogP contribution in [0.4, 0.5) is 25.8 Å². The van der Waals surface area contributed by atoms with E-state index in [0.717, 1.165) is 52.3 Å². The summed E-state index contributed by atoms with van der Waals surface area (Å²) < 4.78 is 34.5. The van der Waals surface area contributed by atoms with Gasteiger partial charge in [-0.3, -0.25) is 39.9 Å². The van der Waals surface area contributed by atoms with E-state index in [0.29, 0.717) is 5.56 Å². The van der Waals surface area contributed by atoms with Gasteiger partial charge in [-0.15, -0.1) is 0 Å². The highest BCUT2D eigenvalue weighted by molar-refractivity contribution is 7.99. The van der Waals surface area contributed by atoms with Crippen LogP contribution in [0, 0.1) is 42.0 Å². The number of phenols is 1. The quantitative estimate of drug-likeness (QED) is 0.0943. The van der Waals surface area contributed by atoms with Crippen molar-refractivity contribution in [2.75, 3.05) is 13.2 Å². The lowest BCUT2D eigenvalue weighted by molar-refractivity contribution is -0.385. The number of phenolic OH excluding ortho intramolecular Hbond substituents is 1. The summed E-state index contributed by atoms with van der Waals surface area (Å²) in [7, 11) is 0. The highest BCUT2D eigenvalue weighted by Gasteiger charge is 2.19. The first-order valence-electron chi connectivity index (χ1n) is 14.1. The molecule has 4 aromatic rings. The van der Waals surface area contributed by atoms with Crippen molar-refractivity contribution >= 4 is 40.8 Å². The molecular formula is C32H29F2N3O11S. The molecule has 0 amide bonds. The number of nitro benzene ring substituents is 3. The monoisotopic (exact) mass is 701 g/mol. The van der Waals surface area contributed by atoms with Crippen molar-refractivity contribution in [2.45, 2.75) is 36.5 Å². The summed E-state index contributed by atoms with van der Waals surface area (Å²) in [6.45, 7) is 3.72. The maximum Gasteiger partial charge on any atom is 0.310 e. The number of esters is 2. The summed E-state index contributed by atoms with van der Waals surface area (Å²) >= 11 is 1.39. The largest absolute Gasteiger partial charge is 0.508 e. The van der Waals surface area contributed by atoms with Crippen LogP contribution in [0.3, 0.4) is 0 Å². The number of halogens is 2. The van der Waals surface area contributed by atoms with Crippen molar-refractivity contribution in [3.8, 4) is 5.75 Å². The Bertz CT molecular complexity index is 1770. The average molecular weight is 702 g/mol. The van der Waals surface area contributed by atoms with Crippen LogP contribution < -0.4 is 0 Å². The molecule has 0 aliphatic heterocycles. The van der Waals surface area contributed by atoms with Crippen molar-refractivity contribution < 1.29 is 47.7 Å². The Morgan fingerprint density at radius 3 is 1.57 bits per heavy atom. The Hall–Kier alpha value is -5.97. The molecule has 0 spiro atoms. The predicted molar refractivity (Wildman–Crippen MR) is 172 cm³/mol. The summed E-state index contributed by atoms with van der Waals surface area (Å²) in [6.07, 6.45) is -0.448. The number of non-ortho nitro benzene ring substituents is 1. The molecule has 0 aromatic heterocycles. The smallest absolute Gasteiger partial charge is 0.310 e. The van der Waals surface area contributed by atoms with E-state index >= 15 is 0 Å². The molecular weight excluding hydrogens is 672 g/mol. The summed E-state index contributed by atoms with van der Waals surface area (Å²) in [6, 6.07) is 18.6. The second-order valence-corrected chi connectivity index (χ2v) is 10.5. The van der Waals surface area contributed by atoms with Gasteiger partial charge in [0.2, 0.25) is 0 Å². The maximum atomic E-state index is 12.9. The van der Waals surface area contributed by atoms with Gasteiger partial charge in [0.05, 0.1) is 40.8 Å². The van der Waals surface area contributed by atoms with E-state index in [1.807, 2.05) is 0 Å². The van der Waals surface area contributed by atoms with Gasteiger partial charge in [-0.2, -0.15) is 0 Å². The zero-order valence-electron chi connectivity index (χ0n) is 25.9.